The van der Waals surface area contributed by atoms with Crippen LogP contribution in [-0.4, -0.2) is 48.2 Å². The lowest BCUT2D eigenvalue weighted by Gasteiger charge is -2.21. The Bertz CT molecular complexity index is 6330. The smallest absolute Gasteiger partial charge is 0.237 e. The molecule has 0 saturated heterocycles. The van der Waals surface area contributed by atoms with E-state index in [0.717, 1.165) is 138 Å². The minimum atomic E-state index is -0.0608. The Kier molecular flexibility index (Phi) is 10.4. The van der Waals surface area contributed by atoms with Gasteiger partial charge in [-0.25, -0.2) is 29.9 Å². The number of fused-ring (bicyclic) bond motifs is 19. The van der Waals surface area contributed by atoms with Crippen molar-refractivity contribution < 1.29 is 4.42 Å². The van der Waals surface area contributed by atoms with Crippen LogP contribution in [0, 0.1) is 0 Å². The van der Waals surface area contributed by atoms with E-state index in [2.05, 4.69) is 295 Å². The quantitative estimate of drug-likeness (QED) is 0.156. The maximum Gasteiger partial charge on any atom is 0.237 e. The van der Waals surface area contributed by atoms with Gasteiger partial charge in [-0.1, -0.05) is 172 Å². The van der Waals surface area contributed by atoms with E-state index in [1.165, 1.54) is 38.6 Å². The summed E-state index contributed by atoms with van der Waals surface area (Å²) in [4.78, 5) is 26.9. The molecule has 430 valence electrons. The molecule has 0 fully saturated rings. The second-order valence-electron chi connectivity index (χ2n) is 24.7. The molecule has 0 saturated carbocycles. The highest BCUT2D eigenvalue weighted by Gasteiger charge is 2.35. The Balaban J connectivity index is 0.746. The van der Waals surface area contributed by atoms with Gasteiger partial charge in [-0.05, 0) is 135 Å². The van der Waals surface area contributed by atoms with Gasteiger partial charge in [-0.15, -0.1) is 0 Å². The third kappa shape index (κ3) is 6.98. The number of benzene rings is 12. The molecular formula is C81H50N10O. The zero-order valence-electron chi connectivity index (χ0n) is 49.8. The summed E-state index contributed by atoms with van der Waals surface area (Å²) in [5.41, 5.74) is 24.2. The second-order valence-corrected chi connectivity index (χ2v) is 24.7. The molecule has 0 aliphatic heterocycles. The largest absolute Gasteiger partial charge is 0.455 e. The highest BCUT2D eigenvalue weighted by molar-refractivity contribution is 6.29. The van der Waals surface area contributed by atoms with Crippen molar-refractivity contribution >= 4 is 109 Å². The first kappa shape index (κ1) is 50.6. The fraction of sp³-hybridized carbons (Fsp3) is 0.0370. The monoisotopic (exact) mass is 1180 g/mol. The van der Waals surface area contributed by atoms with Crippen LogP contribution in [0.1, 0.15) is 25.0 Å². The molecule has 12 aromatic carbocycles. The Morgan fingerprint density at radius 3 is 1.48 bits per heavy atom. The number of rotatable bonds is 7. The fourth-order valence-electron chi connectivity index (χ4n) is 15.7. The molecule has 11 nitrogen and oxygen atoms in total. The van der Waals surface area contributed by atoms with Gasteiger partial charge in [-0.3, -0.25) is 9.13 Å². The van der Waals surface area contributed by atoms with Gasteiger partial charge in [0.05, 0.1) is 44.1 Å². The van der Waals surface area contributed by atoms with Crippen LogP contribution in [0.4, 0.5) is 0 Å². The predicted octanol–water partition coefficient (Wildman–Crippen LogP) is 19.7. The molecule has 0 spiro atoms. The number of aromatic nitrogens is 10. The van der Waals surface area contributed by atoms with Gasteiger partial charge in [0.15, 0.2) is 0 Å². The van der Waals surface area contributed by atoms with E-state index >= 15 is 0 Å². The van der Waals surface area contributed by atoms with Crippen molar-refractivity contribution in [2.45, 2.75) is 19.3 Å². The molecule has 0 N–H and O–H groups in total. The summed E-state index contributed by atoms with van der Waals surface area (Å²) in [5.74, 6) is 1.15. The van der Waals surface area contributed by atoms with Gasteiger partial charge in [0.1, 0.15) is 36.5 Å². The topological polar surface area (TPSA) is 110 Å². The van der Waals surface area contributed by atoms with Gasteiger partial charge < -0.3 is 13.6 Å². The third-order valence-corrected chi connectivity index (χ3v) is 19.7. The summed E-state index contributed by atoms with van der Waals surface area (Å²) in [7, 11) is 0. The number of hydrogen-bond donors (Lipinski definition) is 0. The zero-order chi connectivity index (χ0) is 60.5. The highest BCUT2D eigenvalue weighted by atomic mass is 16.3. The van der Waals surface area contributed by atoms with E-state index in [-0.39, 0.29) is 5.41 Å². The van der Waals surface area contributed by atoms with E-state index < -0.39 is 0 Å². The van der Waals surface area contributed by atoms with Crippen LogP contribution in [0.3, 0.4) is 0 Å². The molecule has 92 heavy (non-hydrogen) atoms. The van der Waals surface area contributed by atoms with Crippen molar-refractivity contribution in [1.82, 2.24) is 48.2 Å². The number of para-hydroxylation sites is 4. The van der Waals surface area contributed by atoms with Crippen LogP contribution in [-0.2, 0) is 5.41 Å². The first-order valence-corrected chi connectivity index (χ1v) is 31.0. The van der Waals surface area contributed by atoms with Crippen LogP contribution in [0.25, 0.3) is 177 Å². The average molecular weight is 1180 g/mol. The van der Waals surface area contributed by atoms with Gasteiger partial charge in [0.25, 0.3) is 0 Å². The van der Waals surface area contributed by atoms with Gasteiger partial charge >= 0.3 is 0 Å². The lowest BCUT2D eigenvalue weighted by molar-refractivity contribution is 0.660. The van der Waals surface area contributed by atoms with E-state index in [1.807, 2.05) is 0 Å². The lowest BCUT2D eigenvalue weighted by Crippen LogP contribution is -2.14. The molecule has 20 rings (SSSR count). The molecule has 1 aliphatic rings. The van der Waals surface area contributed by atoms with E-state index in [4.69, 9.17) is 14.4 Å². The van der Waals surface area contributed by atoms with Crippen molar-refractivity contribution in [1.29, 1.82) is 0 Å². The Morgan fingerprint density at radius 1 is 0.293 bits per heavy atom. The molecule has 0 amide bonds. The molecule has 0 unspecified atom stereocenters. The fourth-order valence-corrected chi connectivity index (χ4v) is 15.7. The minimum Gasteiger partial charge on any atom is -0.455 e. The summed E-state index contributed by atoms with van der Waals surface area (Å²) >= 11 is 0. The molecule has 7 aromatic heterocycles. The van der Waals surface area contributed by atoms with Crippen LogP contribution in [0.5, 0.6) is 0 Å². The Labute approximate surface area is 525 Å². The Morgan fingerprint density at radius 2 is 0.772 bits per heavy atom. The maximum absolute atomic E-state index is 7.11. The number of furan rings is 1. The second kappa shape index (κ2) is 18.8. The summed E-state index contributed by atoms with van der Waals surface area (Å²) in [6.07, 6.45) is 6.25. The van der Waals surface area contributed by atoms with Crippen LogP contribution in [0.2, 0.25) is 0 Å². The Hall–Kier alpha value is -12.3. The highest BCUT2D eigenvalue weighted by Crippen LogP contribution is 2.51. The van der Waals surface area contributed by atoms with Crippen LogP contribution >= 0.6 is 0 Å². The van der Waals surface area contributed by atoms with Crippen molar-refractivity contribution in [3.05, 3.63) is 279 Å². The molecule has 1 aliphatic carbocycles. The SMILES string of the molecule is CC1(C)c2ccccc2-c2cc(-c3ccc(-n4c5cc6c(cc5c5c(-c7cccc8oc9c(-c%10ccc(-n%11c%12ccccc%12c%12c%13c%14ccccc%14n(-c%14ncncn%14)c%13ccc%12%11)cc%10)cccc9c78)cccc54)c4ccccc4n6-c4ncncn4)cc3)ccc21. The first-order valence-electron chi connectivity index (χ1n) is 31.0. The van der Waals surface area contributed by atoms with Crippen molar-refractivity contribution in [2.75, 3.05) is 0 Å². The summed E-state index contributed by atoms with van der Waals surface area (Å²) in [6.45, 7) is 4.67. The lowest BCUT2D eigenvalue weighted by atomic mass is 9.82. The zero-order valence-corrected chi connectivity index (χ0v) is 49.8. The van der Waals surface area contributed by atoms with Crippen LogP contribution in [0.15, 0.2) is 272 Å². The molecule has 19 aromatic rings. The van der Waals surface area contributed by atoms with Gasteiger partial charge in [0, 0.05) is 76.2 Å². The predicted molar refractivity (Wildman–Crippen MR) is 372 cm³/mol. The summed E-state index contributed by atoms with van der Waals surface area (Å²) < 4.78 is 16.2. The van der Waals surface area contributed by atoms with E-state index in [0.29, 0.717) is 11.9 Å². The van der Waals surface area contributed by atoms with Gasteiger partial charge in [0.2, 0.25) is 11.9 Å². The molecule has 0 radical (unpaired) electrons. The minimum absolute atomic E-state index is 0.0608. The summed E-state index contributed by atoms with van der Waals surface area (Å²) in [5, 5.41) is 11.3. The molecule has 0 bridgehead atoms. The van der Waals surface area contributed by atoms with Crippen LogP contribution < -0.4 is 0 Å². The van der Waals surface area contributed by atoms with E-state index in [9.17, 15) is 0 Å². The number of nitrogens with zero attached hydrogens (tertiary/aromatic N) is 10. The molecule has 11 heteroatoms. The molecule has 0 atom stereocenters. The molecular weight excluding hydrogens is 1130 g/mol. The van der Waals surface area contributed by atoms with Gasteiger partial charge in [-0.2, -0.15) is 0 Å². The maximum atomic E-state index is 7.11. The first-order chi connectivity index (χ1) is 45.4. The summed E-state index contributed by atoms with van der Waals surface area (Å²) in [6, 6.07) is 88.6. The standard InChI is InChI=1S/C81H50N10O/c1-81(2)63-22-7-3-14-53(63)60-40-49(32-37-64(60)81)47-28-33-51(34-29-47)89-68-26-12-19-55(74(68)62-41-61-54-15-4-8-23-65(54)91(71(61)42-72(62)89)80-86-45-83-46-87-80)56-20-13-27-73-75(56)59-21-11-18-52(78(59)92-73)48-30-35-50(36-31-48)88-66-24-9-5-16-57(66)76-69(88)38-39-70-77(76)58-17-6-10-25-67(58)90(70)79-84-43-82-44-85-79/h3-46H,1-2H3. The van der Waals surface area contributed by atoms with Crippen molar-refractivity contribution in [2.24, 2.45) is 0 Å². The normalized spacial score (nSPS) is 13.0. The number of hydrogen-bond acceptors (Lipinski definition) is 7. The van der Waals surface area contributed by atoms with E-state index in [1.54, 1.807) is 25.3 Å². The third-order valence-electron chi connectivity index (χ3n) is 19.7. The van der Waals surface area contributed by atoms with Crippen molar-refractivity contribution in [3.8, 4) is 67.8 Å². The average Bonchev–Trinajstić information content (AvgIpc) is 1.57. The molecule has 7 heterocycles. The van der Waals surface area contributed by atoms with Crippen molar-refractivity contribution in [3.63, 3.8) is 0 Å².